The predicted molar refractivity (Wildman–Crippen MR) is 52.9 cm³/mol. The molecule has 4 heteroatoms. The highest BCUT2D eigenvalue weighted by atomic mass is 16.4. The van der Waals surface area contributed by atoms with Crippen LogP contribution in [0.5, 0.6) is 0 Å². The maximum absolute atomic E-state index is 10.8. The molecule has 0 aromatic heterocycles. The number of carboxylic acid groups (broad SMARTS) is 1. The number of aliphatic hydroxyl groups excluding tert-OH is 2. The Morgan fingerprint density at radius 3 is 2.00 bits per heavy atom. The zero-order valence-electron chi connectivity index (χ0n) is 9.24. The summed E-state index contributed by atoms with van der Waals surface area (Å²) < 4.78 is 0. The first-order valence-corrected chi connectivity index (χ1v) is 4.66. The van der Waals surface area contributed by atoms with Crippen molar-refractivity contribution in [2.75, 3.05) is 6.61 Å². The van der Waals surface area contributed by atoms with Gasteiger partial charge in [0.15, 0.2) is 0 Å². The van der Waals surface area contributed by atoms with Crippen molar-refractivity contribution in [3.05, 3.63) is 0 Å². The van der Waals surface area contributed by atoms with Crippen LogP contribution in [0.25, 0.3) is 0 Å². The number of rotatable bonds is 5. The number of carboxylic acids is 1. The van der Waals surface area contributed by atoms with Crippen LogP contribution in [0, 0.1) is 10.8 Å². The van der Waals surface area contributed by atoms with Crippen LogP contribution in [0.1, 0.15) is 34.1 Å². The van der Waals surface area contributed by atoms with Crippen molar-refractivity contribution < 1.29 is 20.1 Å². The molecule has 0 amide bonds. The topological polar surface area (TPSA) is 77.8 Å². The maximum atomic E-state index is 10.8. The number of hydrogen-bond acceptors (Lipinski definition) is 3. The monoisotopic (exact) mass is 204 g/mol. The fourth-order valence-corrected chi connectivity index (χ4v) is 0.986. The van der Waals surface area contributed by atoms with Gasteiger partial charge in [-0.15, -0.1) is 0 Å². The summed E-state index contributed by atoms with van der Waals surface area (Å²) in [4.78, 5) is 10.8. The Morgan fingerprint density at radius 1 is 1.29 bits per heavy atom. The minimum absolute atomic E-state index is 0.0697. The van der Waals surface area contributed by atoms with Gasteiger partial charge in [0.1, 0.15) is 0 Å². The lowest BCUT2D eigenvalue weighted by atomic mass is 9.77. The number of hydrogen-bond donors (Lipinski definition) is 3. The molecule has 4 nitrogen and oxygen atoms in total. The lowest BCUT2D eigenvalue weighted by Gasteiger charge is -2.32. The Hall–Kier alpha value is -0.610. The third-order valence-corrected chi connectivity index (χ3v) is 2.56. The Balaban J connectivity index is 4.49. The Labute approximate surface area is 84.6 Å². The van der Waals surface area contributed by atoms with Crippen molar-refractivity contribution >= 4 is 5.97 Å². The summed E-state index contributed by atoms with van der Waals surface area (Å²) in [6.45, 7) is 6.46. The number of aliphatic carboxylic acids is 1. The van der Waals surface area contributed by atoms with E-state index in [1.165, 1.54) is 13.8 Å². The van der Waals surface area contributed by atoms with Crippen LogP contribution >= 0.6 is 0 Å². The molecular weight excluding hydrogens is 184 g/mol. The van der Waals surface area contributed by atoms with E-state index >= 15 is 0 Å². The molecule has 0 saturated carbocycles. The van der Waals surface area contributed by atoms with E-state index in [9.17, 15) is 9.90 Å². The highest BCUT2D eigenvalue weighted by molar-refractivity contribution is 5.74. The lowest BCUT2D eigenvalue weighted by Crippen LogP contribution is -2.40. The largest absolute Gasteiger partial charge is 0.481 e. The Kier molecular flexibility index (Phi) is 4.09. The summed E-state index contributed by atoms with van der Waals surface area (Å²) in [5, 5.41) is 27.6. The summed E-state index contributed by atoms with van der Waals surface area (Å²) in [7, 11) is 0. The third kappa shape index (κ3) is 3.27. The van der Waals surface area contributed by atoms with E-state index in [1.54, 1.807) is 13.8 Å². The van der Waals surface area contributed by atoms with Gasteiger partial charge in [0.05, 0.1) is 11.5 Å². The fraction of sp³-hybridized carbons (Fsp3) is 0.900. The summed E-state index contributed by atoms with van der Waals surface area (Å²) >= 11 is 0. The van der Waals surface area contributed by atoms with Crippen LogP contribution < -0.4 is 0 Å². The summed E-state index contributed by atoms with van der Waals surface area (Å²) in [6, 6.07) is 0. The van der Waals surface area contributed by atoms with Crippen molar-refractivity contribution in [1.82, 2.24) is 0 Å². The average molecular weight is 204 g/mol. The van der Waals surface area contributed by atoms with E-state index in [-0.39, 0.29) is 13.0 Å². The van der Waals surface area contributed by atoms with Crippen LogP contribution in [-0.4, -0.2) is 34.0 Å². The predicted octanol–water partition coefficient (Wildman–Crippen LogP) is 0.867. The van der Waals surface area contributed by atoms with Gasteiger partial charge in [-0.25, -0.2) is 0 Å². The Morgan fingerprint density at radius 2 is 1.71 bits per heavy atom. The second-order valence-electron chi connectivity index (χ2n) is 5.07. The highest BCUT2D eigenvalue weighted by Crippen LogP contribution is 2.31. The van der Waals surface area contributed by atoms with E-state index in [4.69, 9.17) is 10.2 Å². The first kappa shape index (κ1) is 13.4. The zero-order chi connectivity index (χ0) is 11.6. The Bertz CT molecular complexity index is 208. The second-order valence-corrected chi connectivity index (χ2v) is 5.07. The molecule has 84 valence electrons. The smallest absolute Gasteiger partial charge is 0.311 e. The third-order valence-electron chi connectivity index (χ3n) is 2.56. The summed E-state index contributed by atoms with van der Waals surface area (Å²) in [5.41, 5.74) is -1.63. The lowest BCUT2D eigenvalue weighted by molar-refractivity contribution is -0.154. The minimum Gasteiger partial charge on any atom is -0.481 e. The molecule has 1 unspecified atom stereocenters. The van der Waals surface area contributed by atoms with E-state index < -0.39 is 22.9 Å². The van der Waals surface area contributed by atoms with Gasteiger partial charge in [0.25, 0.3) is 0 Å². The van der Waals surface area contributed by atoms with Crippen molar-refractivity contribution in [1.29, 1.82) is 0 Å². The molecule has 0 aliphatic rings. The first-order valence-electron chi connectivity index (χ1n) is 4.66. The SMILES string of the molecule is CC(C)(CO)CC(O)C(C)(C)C(=O)O. The van der Waals surface area contributed by atoms with Crippen LogP contribution in [0.15, 0.2) is 0 Å². The molecule has 0 aromatic rings. The summed E-state index contributed by atoms with van der Waals surface area (Å²) in [6.07, 6.45) is -0.690. The van der Waals surface area contributed by atoms with Gasteiger partial charge >= 0.3 is 5.97 Å². The van der Waals surface area contributed by atoms with Crippen molar-refractivity contribution in [2.45, 2.75) is 40.2 Å². The van der Waals surface area contributed by atoms with Gasteiger partial charge in [-0.1, -0.05) is 13.8 Å². The molecule has 0 saturated heterocycles. The van der Waals surface area contributed by atoms with Crippen LogP contribution in [-0.2, 0) is 4.79 Å². The number of carbonyl (C=O) groups is 1. The van der Waals surface area contributed by atoms with Crippen molar-refractivity contribution in [3.63, 3.8) is 0 Å². The molecule has 0 aliphatic carbocycles. The van der Waals surface area contributed by atoms with Crippen molar-refractivity contribution in [3.8, 4) is 0 Å². The molecule has 0 aliphatic heterocycles. The van der Waals surface area contributed by atoms with Gasteiger partial charge in [-0.05, 0) is 25.7 Å². The average Bonchev–Trinajstić information content (AvgIpc) is 2.03. The van der Waals surface area contributed by atoms with Gasteiger partial charge in [0, 0.05) is 6.61 Å². The van der Waals surface area contributed by atoms with E-state index in [0.717, 1.165) is 0 Å². The fourth-order valence-electron chi connectivity index (χ4n) is 0.986. The van der Waals surface area contributed by atoms with Crippen LogP contribution in [0.4, 0.5) is 0 Å². The van der Waals surface area contributed by atoms with Crippen LogP contribution in [0.2, 0.25) is 0 Å². The molecule has 0 aromatic carbocycles. The maximum Gasteiger partial charge on any atom is 0.311 e. The normalized spacial score (nSPS) is 15.3. The van der Waals surface area contributed by atoms with Gasteiger partial charge in [-0.2, -0.15) is 0 Å². The molecule has 0 heterocycles. The molecule has 0 bridgehead atoms. The molecule has 0 radical (unpaired) electrons. The van der Waals surface area contributed by atoms with Gasteiger partial charge in [0.2, 0.25) is 0 Å². The van der Waals surface area contributed by atoms with E-state index in [1.807, 2.05) is 0 Å². The molecular formula is C10H20O4. The van der Waals surface area contributed by atoms with Gasteiger partial charge < -0.3 is 15.3 Å². The molecule has 0 spiro atoms. The highest BCUT2D eigenvalue weighted by Gasteiger charge is 2.38. The van der Waals surface area contributed by atoms with Crippen molar-refractivity contribution in [2.24, 2.45) is 10.8 Å². The minimum atomic E-state index is -1.17. The first-order chi connectivity index (χ1) is 6.13. The molecule has 3 N–H and O–H groups in total. The van der Waals surface area contributed by atoms with Crippen LogP contribution in [0.3, 0.4) is 0 Å². The zero-order valence-corrected chi connectivity index (χ0v) is 9.24. The molecule has 0 fully saturated rings. The molecule has 14 heavy (non-hydrogen) atoms. The van der Waals surface area contributed by atoms with E-state index in [2.05, 4.69) is 0 Å². The van der Waals surface area contributed by atoms with Gasteiger partial charge in [-0.3, -0.25) is 4.79 Å². The second kappa shape index (κ2) is 4.28. The molecule has 0 rings (SSSR count). The standard InChI is InChI=1S/C10H20O4/c1-9(2,6-11)5-7(12)10(3,4)8(13)14/h7,11-12H,5-6H2,1-4H3,(H,13,14). The summed E-state index contributed by atoms with van der Waals surface area (Å²) in [5.74, 6) is -1.03. The van der Waals surface area contributed by atoms with E-state index in [0.29, 0.717) is 0 Å². The quantitative estimate of drug-likeness (QED) is 0.621. The number of aliphatic hydroxyl groups is 2. The molecule has 1 atom stereocenters.